The number of aromatic nitrogens is 2. The van der Waals surface area contributed by atoms with E-state index in [0.29, 0.717) is 28.1 Å². The Labute approximate surface area is 101 Å². The highest BCUT2D eigenvalue weighted by Gasteiger charge is 2.14. The third-order valence-electron chi connectivity index (χ3n) is 2.84. The van der Waals surface area contributed by atoms with E-state index < -0.39 is 5.76 Å². The zero-order valence-corrected chi connectivity index (χ0v) is 9.56. The molecule has 0 bridgehead atoms. The molecule has 6 nitrogen and oxygen atoms in total. The fraction of sp³-hybridized carbons (Fsp3) is 0.167. The minimum atomic E-state index is -0.499. The Morgan fingerprint density at radius 3 is 3.06 bits per heavy atom. The van der Waals surface area contributed by atoms with Gasteiger partial charge < -0.3 is 14.0 Å². The van der Waals surface area contributed by atoms with Gasteiger partial charge in [0.25, 0.3) is 0 Å². The van der Waals surface area contributed by atoms with E-state index in [9.17, 15) is 9.90 Å². The molecule has 3 rings (SSSR count). The van der Waals surface area contributed by atoms with E-state index in [4.69, 9.17) is 8.94 Å². The number of nitrogens with zero attached hydrogens (tertiary/aromatic N) is 1. The Bertz CT molecular complexity index is 766. The van der Waals surface area contributed by atoms with Gasteiger partial charge >= 0.3 is 5.76 Å². The normalized spacial score (nSPS) is 11.2. The van der Waals surface area contributed by atoms with Crippen molar-refractivity contribution >= 4 is 11.1 Å². The average Bonchev–Trinajstić information content (AvgIpc) is 2.89. The van der Waals surface area contributed by atoms with E-state index in [0.717, 1.165) is 5.56 Å². The van der Waals surface area contributed by atoms with Crippen LogP contribution in [0.5, 0.6) is 0 Å². The molecular weight excluding hydrogens is 236 g/mol. The van der Waals surface area contributed by atoms with Crippen LogP contribution in [-0.4, -0.2) is 15.2 Å². The predicted octanol–water partition coefficient (Wildman–Crippen LogP) is 1.58. The van der Waals surface area contributed by atoms with Gasteiger partial charge in [-0.25, -0.2) is 4.79 Å². The molecule has 0 aliphatic carbocycles. The Balaban J connectivity index is 2.21. The summed E-state index contributed by atoms with van der Waals surface area (Å²) in [7, 11) is 0. The van der Waals surface area contributed by atoms with Crippen molar-refractivity contribution in [2.45, 2.75) is 13.5 Å². The summed E-state index contributed by atoms with van der Waals surface area (Å²) < 4.78 is 10.0. The minimum absolute atomic E-state index is 0.153. The Morgan fingerprint density at radius 1 is 1.44 bits per heavy atom. The van der Waals surface area contributed by atoms with Crippen LogP contribution in [0.1, 0.15) is 11.3 Å². The van der Waals surface area contributed by atoms with Gasteiger partial charge in [-0.15, -0.1) is 0 Å². The van der Waals surface area contributed by atoms with Gasteiger partial charge in [0.2, 0.25) is 0 Å². The maximum Gasteiger partial charge on any atom is 0.417 e. The van der Waals surface area contributed by atoms with Crippen molar-refractivity contribution in [3.8, 4) is 11.3 Å². The summed E-state index contributed by atoms with van der Waals surface area (Å²) in [6.45, 7) is 1.58. The van der Waals surface area contributed by atoms with Crippen molar-refractivity contribution in [1.82, 2.24) is 10.1 Å². The lowest BCUT2D eigenvalue weighted by atomic mass is 10.1. The molecule has 0 radical (unpaired) electrons. The molecule has 0 aliphatic heterocycles. The third-order valence-corrected chi connectivity index (χ3v) is 2.84. The topological polar surface area (TPSA) is 92.3 Å². The van der Waals surface area contributed by atoms with Crippen molar-refractivity contribution in [2.24, 2.45) is 0 Å². The van der Waals surface area contributed by atoms with Crippen molar-refractivity contribution in [3.05, 3.63) is 40.1 Å². The quantitative estimate of drug-likeness (QED) is 0.716. The van der Waals surface area contributed by atoms with Crippen LogP contribution in [0.3, 0.4) is 0 Å². The number of aliphatic hydroxyl groups excluding tert-OH is 1. The molecule has 2 aromatic heterocycles. The zero-order chi connectivity index (χ0) is 12.7. The lowest BCUT2D eigenvalue weighted by Gasteiger charge is -1.98. The summed E-state index contributed by atoms with van der Waals surface area (Å²) in [5, 5.41) is 13.2. The summed E-state index contributed by atoms with van der Waals surface area (Å²) in [5.74, 6) is 0.0731. The number of rotatable bonds is 2. The lowest BCUT2D eigenvalue weighted by molar-refractivity contribution is 0.278. The first-order valence-electron chi connectivity index (χ1n) is 5.38. The van der Waals surface area contributed by atoms with Crippen molar-refractivity contribution in [3.63, 3.8) is 0 Å². The van der Waals surface area contributed by atoms with E-state index in [2.05, 4.69) is 10.1 Å². The minimum Gasteiger partial charge on any atom is -0.408 e. The first kappa shape index (κ1) is 10.8. The van der Waals surface area contributed by atoms with E-state index >= 15 is 0 Å². The summed E-state index contributed by atoms with van der Waals surface area (Å²) in [6, 6.07) is 5.19. The van der Waals surface area contributed by atoms with Gasteiger partial charge in [0, 0.05) is 11.1 Å². The van der Waals surface area contributed by atoms with Crippen LogP contribution in [0.25, 0.3) is 22.4 Å². The predicted molar refractivity (Wildman–Crippen MR) is 63.0 cm³/mol. The molecular formula is C12H10N2O4. The molecule has 6 heteroatoms. The molecule has 92 valence electrons. The molecule has 18 heavy (non-hydrogen) atoms. The average molecular weight is 246 g/mol. The van der Waals surface area contributed by atoms with E-state index in [1.807, 2.05) is 0 Å². The van der Waals surface area contributed by atoms with Crippen LogP contribution in [-0.2, 0) is 6.61 Å². The lowest BCUT2D eigenvalue weighted by Crippen LogP contribution is -1.92. The van der Waals surface area contributed by atoms with Gasteiger partial charge in [0.1, 0.15) is 11.5 Å². The van der Waals surface area contributed by atoms with Crippen LogP contribution >= 0.6 is 0 Å². The van der Waals surface area contributed by atoms with Crippen LogP contribution in [0.2, 0.25) is 0 Å². The number of aryl methyl sites for hydroxylation is 1. The monoisotopic (exact) mass is 246 g/mol. The highest BCUT2D eigenvalue weighted by molar-refractivity contribution is 5.79. The van der Waals surface area contributed by atoms with E-state index in [1.165, 1.54) is 0 Å². The van der Waals surface area contributed by atoms with E-state index in [-0.39, 0.29) is 6.61 Å². The fourth-order valence-corrected chi connectivity index (χ4v) is 1.90. The molecule has 2 N–H and O–H groups in total. The molecule has 0 saturated carbocycles. The number of nitrogens with one attached hydrogen (secondary N) is 1. The van der Waals surface area contributed by atoms with Crippen LogP contribution < -0.4 is 5.76 Å². The molecule has 2 heterocycles. The van der Waals surface area contributed by atoms with Gasteiger partial charge in [0.05, 0.1) is 12.1 Å². The Hall–Kier alpha value is -2.34. The highest BCUT2D eigenvalue weighted by Crippen LogP contribution is 2.27. The van der Waals surface area contributed by atoms with Gasteiger partial charge in [-0.2, -0.15) is 0 Å². The Morgan fingerprint density at radius 2 is 2.28 bits per heavy atom. The van der Waals surface area contributed by atoms with Crippen molar-refractivity contribution in [2.75, 3.05) is 0 Å². The second-order valence-corrected chi connectivity index (χ2v) is 3.95. The molecule has 0 unspecified atom stereocenters. The van der Waals surface area contributed by atoms with Gasteiger partial charge in [-0.1, -0.05) is 11.2 Å². The summed E-state index contributed by atoms with van der Waals surface area (Å²) in [6.07, 6.45) is 0. The number of aromatic amines is 1. The number of aliphatic hydroxyl groups is 1. The molecule has 3 aromatic rings. The summed E-state index contributed by atoms with van der Waals surface area (Å²) in [5.41, 5.74) is 2.98. The van der Waals surface area contributed by atoms with Crippen LogP contribution in [0.4, 0.5) is 0 Å². The second kappa shape index (κ2) is 3.85. The first-order chi connectivity index (χ1) is 8.69. The number of hydrogen-bond donors (Lipinski definition) is 2. The molecule has 0 aliphatic rings. The molecule has 0 atom stereocenters. The number of H-pyrrole nitrogens is 1. The van der Waals surface area contributed by atoms with Crippen LogP contribution in [0, 0.1) is 6.92 Å². The molecule has 0 fully saturated rings. The smallest absolute Gasteiger partial charge is 0.408 e. The molecule has 0 amide bonds. The zero-order valence-electron chi connectivity index (χ0n) is 9.56. The third kappa shape index (κ3) is 1.54. The molecule has 0 saturated heterocycles. The standard InChI is InChI=1S/C12H10N2O4/c1-6-8(5-15)11(14-18-6)7-2-3-9-10(4-7)17-12(16)13-9/h2-4,15H,5H2,1H3,(H,13,16). The number of benzene rings is 1. The second-order valence-electron chi connectivity index (χ2n) is 3.95. The Kier molecular flexibility index (Phi) is 2.31. The summed E-state index contributed by atoms with van der Waals surface area (Å²) >= 11 is 0. The fourth-order valence-electron chi connectivity index (χ4n) is 1.90. The van der Waals surface area contributed by atoms with Gasteiger partial charge in [-0.3, -0.25) is 4.98 Å². The number of hydrogen-bond acceptors (Lipinski definition) is 5. The highest BCUT2D eigenvalue weighted by atomic mass is 16.5. The maximum absolute atomic E-state index is 11.1. The number of fused-ring (bicyclic) bond motifs is 1. The van der Waals surface area contributed by atoms with Crippen molar-refractivity contribution in [1.29, 1.82) is 0 Å². The summed E-state index contributed by atoms with van der Waals surface area (Å²) in [4.78, 5) is 13.6. The van der Waals surface area contributed by atoms with Gasteiger partial charge in [-0.05, 0) is 19.1 Å². The molecule has 1 aromatic carbocycles. The first-order valence-corrected chi connectivity index (χ1v) is 5.38. The maximum atomic E-state index is 11.1. The SMILES string of the molecule is Cc1onc(-c2ccc3[nH]c(=O)oc3c2)c1CO. The number of oxazole rings is 1. The molecule has 0 spiro atoms. The van der Waals surface area contributed by atoms with Gasteiger partial charge in [0.15, 0.2) is 5.58 Å². The largest absolute Gasteiger partial charge is 0.417 e. The van der Waals surface area contributed by atoms with E-state index in [1.54, 1.807) is 25.1 Å². The van der Waals surface area contributed by atoms with Crippen LogP contribution in [0.15, 0.2) is 31.9 Å². The van der Waals surface area contributed by atoms with Crippen molar-refractivity contribution < 1.29 is 14.0 Å².